The van der Waals surface area contributed by atoms with Crippen LogP contribution in [0.4, 0.5) is 10.5 Å². The molecule has 1 aromatic heterocycles. The highest BCUT2D eigenvalue weighted by Crippen LogP contribution is 2.26. The highest BCUT2D eigenvalue weighted by molar-refractivity contribution is 6.14. The lowest BCUT2D eigenvalue weighted by Crippen LogP contribution is -2.41. The first-order valence-electron chi connectivity index (χ1n) is 22.7. The van der Waals surface area contributed by atoms with Crippen LogP contribution < -0.4 is 16.4 Å². The summed E-state index contributed by atoms with van der Waals surface area (Å²) in [6.07, 6.45) is 5.78. The second-order valence-corrected chi connectivity index (χ2v) is 14.4. The zero-order valence-corrected chi connectivity index (χ0v) is 39.4. The molecule has 2 aliphatic heterocycles. The summed E-state index contributed by atoms with van der Waals surface area (Å²) in [4.78, 5) is 70.9. The summed E-state index contributed by atoms with van der Waals surface area (Å²) >= 11 is 0. The number of carbonyl (C=O) groups excluding carboxylic acids is 5. The smallest absolute Gasteiger partial charge is 0.407 e. The number of hydrogen-bond acceptors (Lipinski definition) is 20. The fraction of sp³-hybridized carbons (Fsp3) is 0.698. The monoisotopic (exact) mass is 970 g/mol. The molecule has 0 aliphatic carbocycles. The van der Waals surface area contributed by atoms with Crippen molar-refractivity contribution in [3.8, 4) is 0 Å². The van der Waals surface area contributed by atoms with Crippen molar-refractivity contribution in [2.45, 2.75) is 19.8 Å². The number of aryl methyl sites for hydroxylation is 1. The Hall–Kier alpha value is -4.93. The number of rotatable bonds is 42. The number of nitrogens with zero attached hydrogens (tertiary/aromatic N) is 5. The maximum absolute atomic E-state index is 13.3. The van der Waals surface area contributed by atoms with Crippen LogP contribution in [0.1, 0.15) is 25.5 Å². The second kappa shape index (κ2) is 37.0. The Morgan fingerprint density at radius 2 is 1.09 bits per heavy atom. The van der Waals surface area contributed by atoms with Crippen LogP contribution in [-0.2, 0) is 83.2 Å². The van der Waals surface area contributed by atoms with Gasteiger partial charge in [0.2, 0.25) is 5.91 Å². The maximum atomic E-state index is 13.3. The van der Waals surface area contributed by atoms with Crippen LogP contribution in [0.2, 0.25) is 0 Å². The molecule has 68 heavy (non-hydrogen) atoms. The van der Waals surface area contributed by atoms with Gasteiger partial charge in [0.15, 0.2) is 0 Å². The summed E-state index contributed by atoms with van der Waals surface area (Å²) in [7, 11) is 1.76. The lowest BCUT2D eigenvalue weighted by atomic mass is 10.1. The van der Waals surface area contributed by atoms with Crippen molar-refractivity contribution in [1.82, 2.24) is 30.4 Å². The molecule has 2 aliphatic rings. The van der Waals surface area contributed by atoms with Gasteiger partial charge >= 0.3 is 6.09 Å². The minimum atomic E-state index is -0.629. The number of hydrogen-bond donors (Lipinski definition) is 3. The number of nitrogens with one attached hydrogen (secondary N) is 2. The Kier molecular flexibility index (Phi) is 31.2. The topological polar surface area (TPSA) is 283 Å². The molecule has 0 fully saturated rings. The van der Waals surface area contributed by atoms with Gasteiger partial charge in [-0.05, 0) is 12.5 Å². The molecule has 4 N–H and O–H groups in total. The Morgan fingerprint density at radius 3 is 1.56 bits per heavy atom. The summed E-state index contributed by atoms with van der Waals surface area (Å²) in [5.74, 6) is -1.47. The van der Waals surface area contributed by atoms with E-state index in [1.807, 2.05) is 6.92 Å². The quantitative estimate of drug-likeness (QED) is 0.0415. The van der Waals surface area contributed by atoms with Crippen molar-refractivity contribution in [3.05, 3.63) is 29.6 Å². The van der Waals surface area contributed by atoms with Crippen LogP contribution in [-0.4, -0.2) is 227 Å². The van der Waals surface area contributed by atoms with Crippen molar-refractivity contribution in [2.24, 2.45) is 17.8 Å². The van der Waals surface area contributed by atoms with Gasteiger partial charge in [0, 0.05) is 50.8 Å². The predicted octanol–water partition coefficient (Wildman–Crippen LogP) is -0.700. The van der Waals surface area contributed by atoms with Gasteiger partial charge in [-0.3, -0.25) is 33.6 Å². The molecule has 0 aromatic carbocycles. The van der Waals surface area contributed by atoms with Crippen molar-refractivity contribution in [3.63, 3.8) is 0 Å². The third kappa shape index (κ3) is 26.0. The second-order valence-electron chi connectivity index (χ2n) is 14.4. The standard InChI is InChI=1S/C43H70N8O17/c1-3-8-51(42(55)35-31-37-36(33-47-49(37)2)48-38(44)32-35)68-10-7-46-43(56)67-30-29-66-28-27-65-26-25-64-24-23-63-22-21-62-20-19-61-18-17-60-16-15-59-14-13-58-12-11-57-9-6-45-39(52)34-50-40(53)4-5-41(50)54/h4-5,31,33H,3,6-30,32,34H2,1-2H3,(H2,44,48)(H,45,52)(H,46,56). The van der Waals surface area contributed by atoms with Crippen molar-refractivity contribution < 1.29 is 80.9 Å². The van der Waals surface area contributed by atoms with E-state index >= 15 is 0 Å². The van der Waals surface area contributed by atoms with Gasteiger partial charge in [-0.2, -0.15) is 5.10 Å². The van der Waals surface area contributed by atoms with E-state index in [0.29, 0.717) is 155 Å². The van der Waals surface area contributed by atoms with Crippen LogP contribution >= 0.6 is 0 Å². The summed E-state index contributed by atoms with van der Waals surface area (Å²) in [5.41, 5.74) is 7.72. The van der Waals surface area contributed by atoms with Crippen LogP contribution in [0, 0.1) is 0 Å². The molecule has 25 heteroatoms. The molecule has 0 spiro atoms. The molecule has 0 unspecified atom stereocenters. The molecule has 0 saturated carbocycles. The number of hydroxylamine groups is 2. The van der Waals surface area contributed by atoms with Gasteiger partial charge in [-0.15, -0.1) is 0 Å². The molecule has 0 radical (unpaired) electrons. The molecule has 1 aromatic rings. The molecular weight excluding hydrogens is 901 g/mol. The Balaban J connectivity index is 0.958. The van der Waals surface area contributed by atoms with Gasteiger partial charge < -0.3 is 68.5 Å². The zero-order valence-electron chi connectivity index (χ0n) is 39.4. The number of alkyl carbamates (subject to hydrolysis) is 1. The van der Waals surface area contributed by atoms with E-state index in [0.717, 1.165) is 17.1 Å². The van der Waals surface area contributed by atoms with Gasteiger partial charge in [0.25, 0.3) is 17.7 Å². The van der Waals surface area contributed by atoms with E-state index in [1.165, 1.54) is 5.06 Å². The molecular formula is C43H70N8O17. The molecule has 0 saturated heterocycles. The number of aliphatic imine (C=N–C) groups is 1. The number of amides is 5. The van der Waals surface area contributed by atoms with E-state index in [-0.39, 0.29) is 58.4 Å². The first kappa shape index (κ1) is 57.4. The summed E-state index contributed by atoms with van der Waals surface area (Å²) in [5, 5.41) is 10.6. The largest absolute Gasteiger partial charge is 0.447 e. The Labute approximate surface area is 396 Å². The van der Waals surface area contributed by atoms with Gasteiger partial charge in [-0.1, -0.05) is 6.92 Å². The van der Waals surface area contributed by atoms with E-state index in [2.05, 4.69) is 20.7 Å². The molecule has 384 valence electrons. The third-order valence-corrected chi connectivity index (χ3v) is 9.04. The fourth-order valence-corrected chi connectivity index (χ4v) is 5.70. The van der Waals surface area contributed by atoms with Crippen molar-refractivity contribution in [1.29, 1.82) is 0 Å². The molecule has 0 atom stereocenters. The van der Waals surface area contributed by atoms with Crippen LogP contribution in [0.3, 0.4) is 0 Å². The average Bonchev–Trinajstić information content (AvgIpc) is 3.76. The number of carbonyl (C=O) groups is 5. The summed E-state index contributed by atoms with van der Waals surface area (Å²) in [6.45, 7) is 10.4. The highest BCUT2D eigenvalue weighted by Gasteiger charge is 2.26. The minimum absolute atomic E-state index is 0.0536. The molecule has 25 nitrogen and oxygen atoms in total. The first-order valence-corrected chi connectivity index (χ1v) is 22.7. The molecule has 3 heterocycles. The lowest BCUT2D eigenvalue weighted by molar-refractivity contribution is -0.181. The van der Waals surface area contributed by atoms with Crippen LogP contribution in [0.15, 0.2) is 28.9 Å². The van der Waals surface area contributed by atoms with Gasteiger partial charge in [0.05, 0.1) is 151 Å². The zero-order chi connectivity index (χ0) is 48.9. The third-order valence-electron chi connectivity index (χ3n) is 9.04. The van der Waals surface area contributed by atoms with E-state index in [4.69, 9.17) is 62.7 Å². The highest BCUT2D eigenvalue weighted by atomic mass is 16.7. The van der Waals surface area contributed by atoms with E-state index in [9.17, 15) is 24.0 Å². The number of fused-ring (bicyclic) bond motifs is 1. The lowest BCUT2D eigenvalue weighted by Gasteiger charge is -2.22. The number of amidine groups is 1. The van der Waals surface area contributed by atoms with Crippen LogP contribution in [0.5, 0.6) is 0 Å². The van der Waals surface area contributed by atoms with Crippen LogP contribution in [0.25, 0.3) is 6.08 Å². The summed E-state index contributed by atoms with van der Waals surface area (Å²) in [6, 6.07) is 0. The number of nitrogens with two attached hydrogens (primary N) is 1. The number of ether oxygens (including phenoxy) is 11. The fourth-order valence-electron chi connectivity index (χ4n) is 5.70. The average molecular weight is 971 g/mol. The van der Waals surface area contributed by atoms with Crippen molar-refractivity contribution >= 4 is 47.3 Å². The SMILES string of the molecule is CCCN(OCCNC(=O)OCCOCCOCCOCCOCCOCCOCCOCCOCCOCCOCCNC(=O)CN1C(=O)C=CC1=O)C(=O)C1=Cc2c(cnn2C)N=C(N)C1. The normalized spacial score (nSPS) is 13.4. The molecule has 3 rings (SSSR count). The summed E-state index contributed by atoms with van der Waals surface area (Å²) < 4.78 is 61.3. The van der Waals surface area contributed by atoms with E-state index in [1.54, 1.807) is 24.0 Å². The number of aromatic nitrogens is 2. The number of imide groups is 1. The Bertz CT molecular complexity index is 1690. The van der Waals surface area contributed by atoms with Crippen molar-refractivity contribution in [2.75, 3.05) is 172 Å². The maximum Gasteiger partial charge on any atom is 0.407 e. The van der Waals surface area contributed by atoms with Gasteiger partial charge in [0.1, 0.15) is 24.7 Å². The molecule has 5 amide bonds. The van der Waals surface area contributed by atoms with Gasteiger partial charge in [-0.25, -0.2) is 14.9 Å². The first-order chi connectivity index (χ1) is 33.2. The Morgan fingerprint density at radius 1 is 0.647 bits per heavy atom. The minimum Gasteiger partial charge on any atom is -0.447 e. The molecule has 0 bridgehead atoms. The van der Waals surface area contributed by atoms with E-state index < -0.39 is 23.8 Å². The predicted molar refractivity (Wildman–Crippen MR) is 241 cm³/mol.